The van der Waals surface area contributed by atoms with E-state index in [-0.39, 0.29) is 11.9 Å². The predicted octanol–water partition coefficient (Wildman–Crippen LogP) is 8.39. The van der Waals surface area contributed by atoms with Crippen LogP contribution in [0, 0.1) is 13.8 Å². The van der Waals surface area contributed by atoms with Crippen LogP contribution in [0.4, 0.5) is 0 Å². The predicted molar refractivity (Wildman–Crippen MR) is 141 cm³/mol. The molecule has 0 aliphatic heterocycles. The Labute approximate surface area is 206 Å². The summed E-state index contributed by atoms with van der Waals surface area (Å²) in [6.45, 7) is 8.38. The van der Waals surface area contributed by atoms with Crippen LogP contribution in [0.15, 0.2) is 48.5 Å². The summed E-state index contributed by atoms with van der Waals surface area (Å²) in [5, 5.41) is 9.25. The number of carboxylic acids is 1. The lowest BCUT2D eigenvalue weighted by atomic mass is 9.92. The third-order valence-electron chi connectivity index (χ3n) is 5.86. The first-order chi connectivity index (χ1) is 16.4. The topological polar surface area (TPSA) is 63.6 Å². The number of aliphatic carboxylic acids is 1. The minimum Gasteiger partial charge on any atom is -0.481 e. The van der Waals surface area contributed by atoms with E-state index in [1.807, 2.05) is 62.4 Å². The highest BCUT2D eigenvalue weighted by molar-refractivity contribution is 5.76. The minimum absolute atomic E-state index is 0.120. The van der Waals surface area contributed by atoms with Crippen molar-refractivity contribution in [3.05, 3.63) is 65.2 Å². The zero-order valence-corrected chi connectivity index (χ0v) is 21.6. The number of ether oxygens (including phenoxy) is 1. The fourth-order valence-corrected chi connectivity index (χ4v) is 3.67. The summed E-state index contributed by atoms with van der Waals surface area (Å²) in [6.07, 6.45) is 11.5. The molecule has 0 amide bonds. The SMILES string of the molecule is CCCCCCC(C(=O)O)c1ccc(C)cc1.CCCCCCCC(=O)Oc1ccc(C)cc1. The van der Waals surface area contributed by atoms with Crippen molar-refractivity contribution in [2.75, 3.05) is 0 Å². The van der Waals surface area contributed by atoms with E-state index in [1.165, 1.54) is 43.2 Å². The molecular weight excluding hydrogens is 424 g/mol. The molecule has 2 aromatic rings. The number of carbonyl (C=O) groups excluding carboxylic acids is 1. The monoisotopic (exact) mass is 468 g/mol. The summed E-state index contributed by atoms with van der Waals surface area (Å²) >= 11 is 0. The summed E-state index contributed by atoms with van der Waals surface area (Å²) in [6, 6.07) is 15.4. The second-order valence-corrected chi connectivity index (χ2v) is 9.10. The third-order valence-corrected chi connectivity index (χ3v) is 5.86. The van der Waals surface area contributed by atoms with Gasteiger partial charge in [-0.1, -0.05) is 113 Å². The van der Waals surface area contributed by atoms with Crippen LogP contribution in [-0.2, 0) is 9.59 Å². The molecule has 0 saturated carbocycles. The number of hydrogen-bond donors (Lipinski definition) is 1. The summed E-state index contributed by atoms with van der Waals surface area (Å²) in [7, 11) is 0. The molecule has 2 aromatic carbocycles. The molecule has 0 aromatic heterocycles. The van der Waals surface area contributed by atoms with Crippen molar-refractivity contribution in [3.63, 3.8) is 0 Å². The van der Waals surface area contributed by atoms with Gasteiger partial charge in [-0.3, -0.25) is 9.59 Å². The van der Waals surface area contributed by atoms with Crippen LogP contribution in [0.2, 0.25) is 0 Å². The Balaban J connectivity index is 0.000000340. The Morgan fingerprint density at radius 2 is 1.24 bits per heavy atom. The maximum absolute atomic E-state index is 11.5. The number of unbranched alkanes of at least 4 members (excludes halogenated alkanes) is 7. The van der Waals surface area contributed by atoms with E-state index in [9.17, 15) is 14.7 Å². The Morgan fingerprint density at radius 1 is 0.735 bits per heavy atom. The van der Waals surface area contributed by atoms with Crippen LogP contribution in [0.5, 0.6) is 5.75 Å². The number of aryl methyl sites for hydroxylation is 2. The molecule has 0 radical (unpaired) electrons. The lowest BCUT2D eigenvalue weighted by molar-refractivity contribution is -0.139. The van der Waals surface area contributed by atoms with Gasteiger partial charge in [-0.05, 0) is 44.4 Å². The molecule has 1 unspecified atom stereocenters. The Bertz CT molecular complexity index is 807. The van der Waals surface area contributed by atoms with Gasteiger partial charge < -0.3 is 9.84 Å². The van der Waals surface area contributed by atoms with Crippen molar-refractivity contribution < 1.29 is 19.4 Å². The largest absolute Gasteiger partial charge is 0.481 e. The van der Waals surface area contributed by atoms with Gasteiger partial charge in [0.15, 0.2) is 0 Å². The third kappa shape index (κ3) is 13.2. The summed E-state index contributed by atoms with van der Waals surface area (Å²) in [5.74, 6) is -0.516. The van der Waals surface area contributed by atoms with Gasteiger partial charge in [0, 0.05) is 6.42 Å². The average Bonchev–Trinajstić information content (AvgIpc) is 2.81. The molecule has 4 nitrogen and oxygen atoms in total. The molecule has 0 aliphatic carbocycles. The van der Waals surface area contributed by atoms with Crippen molar-refractivity contribution in [3.8, 4) is 5.75 Å². The molecule has 2 rings (SSSR count). The number of carbonyl (C=O) groups is 2. The first-order valence-electron chi connectivity index (χ1n) is 12.9. The van der Waals surface area contributed by atoms with Crippen molar-refractivity contribution >= 4 is 11.9 Å². The minimum atomic E-state index is -0.703. The summed E-state index contributed by atoms with van der Waals surface area (Å²) < 4.78 is 5.24. The lowest BCUT2D eigenvalue weighted by Gasteiger charge is -2.12. The van der Waals surface area contributed by atoms with Gasteiger partial charge in [0.1, 0.15) is 5.75 Å². The Morgan fingerprint density at radius 3 is 1.76 bits per heavy atom. The van der Waals surface area contributed by atoms with Gasteiger partial charge in [0.25, 0.3) is 0 Å². The van der Waals surface area contributed by atoms with Gasteiger partial charge in [-0.2, -0.15) is 0 Å². The van der Waals surface area contributed by atoms with E-state index in [1.54, 1.807) is 0 Å². The smallest absolute Gasteiger partial charge is 0.311 e. The fraction of sp³-hybridized carbons (Fsp3) is 0.533. The van der Waals surface area contributed by atoms with Crippen molar-refractivity contribution in [2.24, 2.45) is 0 Å². The van der Waals surface area contributed by atoms with Gasteiger partial charge in [-0.15, -0.1) is 0 Å². The first-order valence-corrected chi connectivity index (χ1v) is 12.9. The molecule has 0 saturated heterocycles. The Kier molecular flexibility index (Phi) is 15.4. The first kappa shape index (κ1) is 29.4. The summed E-state index contributed by atoms with van der Waals surface area (Å²) in [4.78, 5) is 22.8. The van der Waals surface area contributed by atoms with Crippen LogP contribution in [0.25, 0.3) is 0 Å². The molecule has 4 heteroatoms. The van der Waals surface area contributed by atoms with Crippen LogP contribution >= 0.6 is 0 Å². The highest BCUT2D eigenvalue weighted by atomic mass is 16.5. The van der Waals surface area contributed by atoms with Gasteiger partial charge in [-0.25, -0.2) is 0 Å². The lowest BCUT2D eigenvalue weighted by Crippen LogP contribution is -2.11. The molecule has 188 valence electrons. The number of hydrogen-bond acceptors (Lipinski definition) is 3. The van der Waals surface area contributed by atoms with Gasteiger partial charge >= 0.3 is 11.9 Å². The van der Waals surface area contributed by atoms with Gasteiger partial charge in [0.2, 0.25) is 0 Å². The normalized spacial score (nSPS) is 11.3. The van der Waals surface area contributed by atoms with Crippen LogP contribution in [0.3, 0.4) is 0 Å². The standard InChI is InChI=1S/2C15H22O2/c1-3-4-5-6-7-14(15(16)17)13-10-8-12(2)9-11-13;1-3-4-5-6-7-8-15(16)17-14-11-9-13(2)10-12-14/h8-11,14H,3-7H2,1-2H3,(H,16,17);9-12H,3-8H2,1-2H3. The summed E-state index contributed by atoms with van der Waals surface area (Å²) in [5.41, 5.74) is 3.27. The molecule has 0 bridgehead atoms. The highest BCUT2D eigenvalue weighted by Gasteiger charge is 2.18. The van der Waals surface area contributed by atoms with Crippen LogP contribution in [-0.4, -0.2) is 17.0 Å². The molecule has 0 heterocycles. The van der Waals surface area contributed by atoms with Crippen LogP contribution < -0.4 is 4.74 Å². The number of benzene rings is 2. The van der Waals surface area contributed by atoms with E-state index >= 15 is 0 Å². The zero-order chi connectivity index (χ0) is 25.2. The maximum atomic E-state index is 11.5. The quantitative estimate of drug-likeness (QED) is 0.172. The molecule has 34 heavy (non-hydrogen) atoms. The van der Waals surface area contributed by atoms with Crippen molar-refractivity contribution in [2.45, 2.75) is 104 Å². The van der Waals surface area contributed by atoms with E-state index in [4.69, 9.17) is 4.74 Å². The second kappa shape index (κ2) is 17.8. The molecular formula is C30H44O4. The van der Waals surface area contributed by atoms with Crippen molar-refractivity contribution in [1.29, 1.82) is 0 Å². The maximum Gasteiger partial charge on any atom is 0.311 e. The average molecular weight is 469 g/mol. The van der Waals surface area contributed by atoms with E-state index in [2.05, 4.69) is 13.8 Å². The Hall–Kier alpha value is -2.62. The van der Waals surface area contributed by atoms with E-state index < -0.39 is 5.97 Å². The van der Waals surface area contributed by atoms with E-state index in [0.717, 1.165) is 37.7 Å². The molecule has 1 N–H and O–H groups in total. The van der Waals surface area contributed by atoms with E-state index in [0.29, 0.717) is 12.2 Å². The number of esters is 1. The molecule has 0 fully saturated rings. The van der Waals surface area contributed by atoms with Gasteiger partial charge in [0.05, 0.1) is 5.92 Å². The number of carboxylic acid groups (broad SMARTS) is 1. The van der Waals surface area contributed by atoms with Crippen molar-refractivity contribution in [1.82, 2.24) is 0 Å². The second-order valence-electron chi connectivity index (χ2n) is 9.10. The number of rotatable bonds is 14. The van der Waals surface area contributed by atoms with Crippen LogP contribution in [0.1, 0.15) is 107 Å². The highest BCUT2D eigenvalue weighted by Crippen LogP contribution is 2.23. The fourth-order valence-electron chi connectivity index (χ4n) is 3.67. The molecule has 0 spiro atoms. The zero-order valence-electron chi connectivity index (χ0n) is 21.6. The molecule has 0 aliphatic rings. The molecule has 1 atom stereocenters.